The molecule has 0 amide bonds. The van der Waals surface area contributed by atoms with E-state index in [4.69, 9.17) is 0 Å². The second-order valence-electron chi connectivity index (χ2n) is 2.05. The normalized spacial score (nSPS) is 30.3. The molecule has 54 valence electrons. The van der Waals surface area contributed by atoms with E-state index in [0.29, 0.717) is 5.25 Å². The monoisotopic (exact) mass is 198 g/mol. The maximum absolute atomic E-state index is 4.32. The van der Waals surface area contributed by atoms with Crippen LogP contribution in [0.4, 0.5) is 0 Å². The van der Waals surface area contributed by atoms with Gasteiger partial charge in [-0.2, -0.15) is 37.0 Å². The summed E-state index contributed by atoms with van der Waals surface area (Å²) in [5, 5.41) is 0.691. The predicted octanol–water partition coefficient (Wildman–Crippen LogP) is 2.37. The summed E-state index contributed by atoms with van der Waals surface area (Å²) in [6, 6.07) is 0. The van der Waals surface area contributed by atoms with Crippen molar-refractivity contribution in [3.05, 3.63) is 0 Å². The molecule has 1 aliphatic rings. The van der Waals surface area contributed by atoms with Gasteiger partial charge in [-0.25, -0.2) is 0 Å². The number of thiol groups is 2. The first-order valence-corrected chi connectivity index (χ1v) is 5.95. The fourth-order valence-corrected chi connectivity index (χ4v) is 2.99. The van der Waals surface area contributed by atoms with E-state index in [1.165, 1.54) is 12.2 Å². The molecule has 0 aromatic heterocycles. The zero-order valence-corrected chi connectivity index (χ0v) is 8.62. The number of hydrogen-bond acceptors (Lipinski definition) is 4. The number of hydrogen-bond donors (Lipinski definition) is 2. The first-order chi connectivity index (χ1) is 4.17. The maximum Gasteiger partial charge on any atom is 0.113 e. The molecule has 0 radical (unpaired) electrons. The van der Waals surface area contributed by atoms with Gasteiger partial charge in [-0.3, -0.25) is 0 Å². The van der Waals surface area contributed by atoms with Crippen molar-refractivity contribution < 1.29 is 0 Å². The Morgan fingerprint density at radius 1 is 1.67 bits per heavy atom. The molecule has 0 bridgehead atoms. The molecular formula is C5H10S4. The SMILES string of the molecule is CSCCC1SC1(S)S. The van der Waals surface area contributed by atoms with Gasteiger partial charge in [-0.1, -0.05) is 0 Å². The first-order valence-electron chi connectivity index (χ1n) is 2.78. The standard InChI is InChI=1S/C5H10S4/c1-8-3-2-4-5(6,7)9-4/h4,6-7H,2-3H2,1H3. The molecule has 1 aliphatic heterocycles. The Hall–Kier alpha value is 1.40. The van der Waals surface area contributed by atoms with Crippen molar-refractivity contribution in [2.24, 2.45) is 0 Å². The van der Waals surface area contributed by atoms with E-state index in [1.807, 2.05) is 23.5 Å². The van der Waals surface area contributed by atoms with Crippen LogP contribution >= 0.6 is 48.8 Å². The van der Waals surface area contributed by atoms with E-state index in [9.17, 15) is 0 Å². The van der Waals surface area contributed by atoms with E-state index < -0.39 is 0 Å². The van der Waals surface area contributed by atoms with E-state index >= 15 is 0 Å². The topological polar surface area (TPSA) is 0 Å². The van der Waals surface area contributed by atoms with Crippen molar-refractivity contribution >= 4 is 48.8 Å². The first kappa shape index (κ1) is 8.50. The molecule has 0 nitrogen and oxygen atoms in total. The van der Waals surface area contributed by atoms with E-state index in [2.05, 4.69) is 31.5 Å². The van der Waals surface area contributed by atoms with Crippen LogP contribution in [0.25, 0.3) is 0 Å². The Bertz CT molecular complexity index is 101. The molecule has 1 unspecified atom stereocenters. The summed E-state index contributed by atoms with van der Waals surface area (Å²) < 4.78 is 0.00965. The highest BCUT2D eigenvalue weighted by Crippen LogP contribution is 2.61. The van der Waals surface area contributed by atoms with Crippen LogP contribution in [0.3, 0.4) is 0 Å². The van der Waals surface area contributed by atoms with Gasteiger partial charge < -0.3 is 0 Å². The maximum atomic E-state index is 4.32. The van der Waals surface area contributed by atoms with Crippen LogP contribution in [0.2, 0.25) is 0 Å². The van der Waals surface area contributed by atoms with Gasteiger partial charge in [0.1, 0.15) is 3.41 Å². The molecule has 1 saturated heterocycles. The Labute approximate surface area is 75.7 Å². The lowest BCUT2D eigenvalue weighted by Crippen LogP contribution is -1.96. The van der Waals surface area contributed by atoms with Crippen LogP contribution in [-0.4, -0.2) is 20.7 Å². The lowest BCUT2D eigenvalue weighted by Gasteiger charge is -1.95. The van der Waals surface area contributed by atoms with Crippen molar-refractivity contribution in [2.45, 2.75) is 15.1 Å². The van der Waals surface area contributed by atoms with Gasteiger partial charge in [0.2, 0.25) is 0 Å². The minimum atomic E-state index is 0.00965. The van der Waals surface area contributed by atoms with E-state index in [1.54, 1.807) is 0 Å². The molecule has 1 heterocycles. The third kappa shape index (κ3) is 2.48. The lowest BCUT2D eigenvalue weighted by atomic mass is 10.4. The smallest absolute Gasteiger partial charge is 0.113 e. The van der Waals surface area contributed by atoms with E-state index in [0.717, 1.165) is 0 Å². The second kappa shape index (κ2) is 3.20. The van der Waals surface area contributed by atoms with Crippen LogP contribution in [0, 0.1) is 0 Å². The molecule has 1 rings (SSSR count). The fourth-order valence-electron chi connectivity index (χ4n) is 0.647. The summed E-state index contributed by atoms with van der Waals surface area (Å²) in [7, 11) is 0. The third-order valence-corrected chi connectivity index (χ3v) is 4.76. The van der Waals surface area contributed by atoms with Crippen molar-refractivity contribution in [1.82, 2.24) is 0 Å². The van der Waals surface area contributed by atoms with E-state index in [-0.39, 0.29) is 3.41 Å². The van der Waals surface area contributed by atoms with Gasteiger partial charge in [0, 0.05) is 5.25 Å². The van der Waals surface area contributed by atoms with Crippen LogP contribution in [0.5, 0.6) is 0 Å². The Morgan fingerprint density at radius 2 is 2.22 bits per heavy atom. The highest BCUT2D eigenvalue weighted by molar-refractivity contribution is 8.31. The summed E-state index contributed by atoms with van der Waals surface area (Å²) in [6.45, 7) is 0. The minimum absolute atomic E-state index is 0.00965. The molecule has 1 atom stereocenters. The molecule has 0 aromatic carbocycles. The fraction of sp³-hybridized carbons (Fsp3) is 1.00. The summed E-state index contributed by atoms with van der Waals surface area (Å²) in [5.74, 6) is 1.24. The molecule has 1 fully saturated rings. The summed E-state index contributed by atoms with van der Waals surface area (Å²) >= 11 is 12.4. The summed E-state index contributed by atoms with van der Waals surface area (Å²) in [4.78, 5) is 0. The predicted molar refractivity (Wildman–Crippen MR) is 55.1 cm³/mol. The molecular weight excluding hydrogens is 188 g/mol. The van der Waals surface area contributed by atoms with Crippen LogP contribution in [-0.2, 0) is 0 Å². The molecule has 0 spiro atoms. The highest BCUT2D eigenvalue weighted by atomic mass is 32.2. The van der Waals surface area contributed by atoms with Gasteiger partial charge in [-0.05, 0) is 18.4 Å². The average Bonchev–Trinajstić information content (AvgIpc) is 2.35. The zero-order valence-electron chi connectivity index (χ0n) is 5.20. The lowest BCUT2D eigenvalue weighted by molar-refractivity contribution is 0.960. The molecule has 0 saturated carbocycles. The van der Waals surface area contributed by atoms with Crippen molar-refractivity contribution in [3.8, 4) is 0 Å². The Morgan fingerprint density at radius 3 is 2.56 bits per heavy atom. The number of thioether (sulfide) groups is 2. The molecule has 0 N–H and O–H groups in total. The van der Waals surface area contributed by atoms with Crippen LogP contribution in [0.15, 0.2) is 0 Å². The highest BCUT2D eigenvalue weighted by Gasteiger charge is 2.48. The van der Waals surface area contributed by atoms with Crippen LogP contribution < -0.4 is 0 Å². The quantitative estimate of drug-likeness (QED) is 0.406. The molecule has 0 aliphatic carbocycles. The van der Waals surface area contributed by atoms with Crippen molar-refractivity contribution in [3.63, 3.8) is 0 Å². The minimum Gasteiger partial charge on any atom is -0.165 e. The van der Waals surface area contributed by atoms with Gasteiger partial charge in [0.25, 0.3) is 0 Å². The molecule has 9 heavy (non-hydrogen) atoms. The van der Waals surface area contributed by atoms with Crippen molar-refractivity contribution in [2.75, 3.05) is 12.0 Å². The Kier molecular flexibility index (Phi) is 3.02. The molecule has 0 aromatic rings. The zero-order chi connectivity index (χ0) is 6.91. The summed E-state index contributed by atoms with van der Waals surface area (Å²) in [6.07, 6.45) is 3.38. The Balaban J connectivity index is 2.06. The third-order valence-electron chi connectivity index (χ3n) is 1.26. The van der Waals surface area contributed by atoms with Crippen molar-refractivity contribution in [1.29, 1.82) is 0 Å². The largest absolute Gasteiger partial charge is 0.165 e. The van der Waals surface area contributed by atoms with Gasteiger partial charge in [0.05, 0.1) is 0 Å². The molecule has 4 heteroatoms. The van der Waals surface area contributed by atoms with Gasteiger partial charge in [0.15, 0.2) is 0 Å². The van der Waals surface area contributed by atoms with Gasteiger partial charge >= 0.3 is 0 Å². The van der Waals surface area contributed by atoms with Crippen LogP contribution in [0.1, 0.15) is 6.42 Å². The second-order valence-corrected chi connectivity index (χ2v) is 6.85. The summed E-state index contributed by atoms with van der Waals surface area (Å²) in [5.41, 5.74) is 0. The number of rotatable bonds is 3. The average molecular weight is 198 g/mol. The van der Waals surface area contributed by atoms with Gasteiger partial charge in [-0.15, -0.1) is 11.8 Å².